The van der Waals surface area contributed by atoms with Gasteiger partial charge in [-0.25, -0.2) is 0 Å². The molecule has 1 atom stereocenters. The van der Waals surface area contributed by atoms with Gasteiger partial charge in [-0.1, -0.05) is 17.7 Å². The van der Waals surface area contributed by atoms with E-state index in [0.29, 0.717) is 36.6 Å². The first-order valence-electron chi connectivity index (χ1n) is 12.7. The molecular weight excluding hydrogens is 478 g/mol. The highest BCUT2D eigenvalue weighted by Gasteiger charge is 2.26. The van der Waals surface area contributed by atoms with Crippen LogP contribution in [-0.2, 0) is 11.3 Å². The summed E-state index contributed by atoms with van der Waals surface area (Å²) < 4.78 is 11.2. The molecule has 0 aliphatic carbocycles. The van der Waals surface area contributed by atoms with E-state index in [0.717, 1.165) is 62.4 Å². The van der Waals surface area contributed by atoms with E-state index in [1.54, 1.807) is 25.3 Å². The lowest BCUT2D eigenvalue weighted by molar-refractivity contribution is 0.104. The maximum Gasteiger partial charge on any atom is 0.189 e. The van der Waals surface area contributed by atoms with Crippen LogP contribution in [-0.4, -0.2) is 74.9 Å². The Morgan fingerprint density at radius 2 is 2.03 bits per heavy atom. The van der Waals surface area contributed by atoms with Crippen LogP contribution < -0.4 is 15.0 Å². The van der Waals surface area contributed by atoms with Gasteiger partial charge in [-0.15, -0.1) is 0 Å². The van der Waals surface area contributed by atoms with Crippen molar-refractivity contribution in [3.8, 4) is 11.5 Å². The zero-order valence-electron chi connectivity index (χ0n) is 21.1. The molecule has 2 fully saturated rings. The molecule has 2 heterocycles. The number of nitrogens with one attached hydrogen (secondary N) is 1. The third-order valence-corrected chi connectivity index (χ3v) is 7.18. The van der Waals surface area contributed by atoms with Gasteiger partial charge in [0.2, 0.25) is 0 Å². The Morgan fingerprint density at radius 3 is 2.75 bits per heavy atom. The highest BCUT2D eigenvalue weighted by Crippen LogP contribution is 2.32. The van der Waals surface area contributed by atoms with E-state index < -0.39 is 0 Å². The van der Waals surface area contributed by atoms with Crippen LogP contribution in [0.3, 0.4) is 0 Å². The van der Waals surface area contributed by atoms with Crippen molar-refractivity contribution in [2.75, 3.05) is 57.9 Å². The Balaban J connectivity index is 1.52. The Hall–Kier alpha value is -2.58. The summed E-state index contributed by atoms with van der Waals surface area (Å²) in [6, 6.07) is 9.54. The Morgan fingerprint density at radius 1 is 1.22 bits per heavy atom. The number of hydrogen-bond donors (Lipinski definition) is 2. The highest BCUT2D eigenvalue weighted by molar-refractivity contribution is 6.32. The molecule has 0 radical (unpaired) electrons. The quantitative estimate of drug-likeness (QED) is 0.361. The topological polar surface area (TPSA) is 74.3 Å². The molecule has 0 spiro atoms. The lowest BCUT2D eigenvalue weighted by atomic mass is 10.0. The minimum absolute atomic E-state index is 0.0909. The standard InChI is InChI=1S/C28H36ClN3O4/c1-3-36-28-17-27(34)24(15-21(28)18-32-12-4-5-23(32)19-35-2)26(33)9-7-20-6-8-22(16-25(20)29)31-13-10-30-11-14-31/h6-9,15-17,23,30,34H,3-5,10-14,18-19H2,1-2H3/b9-7+/t23-/m1/s1. The van der Waals surface area contributed by atoms with Crippen LogP contribution in [0.1, 0.15) is 41.3 Å². The molecule has 0 unspecified atom stereocenters. The number of carbonyl (C=O) groups excluding carboxylic acids is 1. The van der Waals surface area contributed by atoms with Crippen LogP contribution in [0.15, 0.2) is 36.4 Å². The third kappa shape index (κ3) is 6.40. The van der Waals surface area contributed by atoms with Gasteiger partial charge in [0.05, 0.1) is 18.8 Å². The number of halogens is 1. The van der Waals surface area contributed by atoms with Crippen molar-refractivity contribution in [2.24, 2.45) is 0 Å². The molecule has 2 aliphatic heterocycles. The summed E-state index contributed by atoms with van der Waals surface area (Å²) in [7, 11) is 1.72. The largest absolute Gasteiger partial charge is 0.507 e. The monoisotopic (exact) mass is 513 g/mol. The summed E-state index contributed by atoms with van der Waals surface area (Å²) in [4.78, 5) is 17.7. The van der Waals surface area contributed by atoms with E-state index in [9.17, 15) is 9.90 Å². The SMILES string of the molecule is CCOc1cc(O)c(C(=O)/C=C/c2ccc(N3CCNCC3)cc2Cl)cc1CN1CCC[C@@H]1COC. The summed E-state index contributed by atoms with van der Waals surface area (Å²) in [6.45, 7) is 8.43. The van der Waals surface area contributed by atoms with Crippen molar-refractivity contribution in [1.29, 1.82) is 0 Å². The second-order valence-corrected chi connectivity index (χ2v) is 9.68. The highest BCUT2D eigenvalue weighted by atomic mass is 35.5. The lowest BCUT2D eigenvalue weighted by Gasteiger charge is -2.29. The first kappa shape index (κ1) is 26.5. The molecule has 2 N–H and O–H groups in total. The summed E-state index contributed by atoms with van der Waals surface area (Å²) >= 11 is 6.54. The van der Waals surface area contributed by atoms with Gasteiger partial charge in [0, 0.05) is 68.2 Å². The van der Waals surface area contributed by atoms with Gasteiger partial charge in [0.15, 0.2) is 5.78 Å². The fraction of sp³-hybridized carbons (Fsp3) is 0.464. The molecule has 0 saturated carbocycles. The molecular formula is C28H36ClN3O4. The minimum atomic E-state index is -0.283. The zero-order chi connectivity index (χ0) is 25.5. The summed E-state index contributed by atoms with van der Waals surface area (Å²) in [6.07, 6.45) is 5.36. The number of benzene rings is 2. The van der Waals surface area contributed by atoms with Crippen LogP contribution in [0, 0.1) is 0 Å². The summed E-state index contributed by atoms with van der Waals surface area (Å²) in [5.74, 6) is 0.228. The van der Waals surface area contributed by atoms with Crippen LogP contribution in [0.25, 0.3) is 6.08 Å². The number of anilines is 1. The Labute approximate surface area is 218 Å². The van der Waals surface area contributed by atoms with E-state index in [2.05, 4.69) is 15.1 Å². The molecule has 0 amide bonds. The van der Waals surface area contributed by atoms with Crippen molar-refractivity contribution in [3.05, 3.63) is 58.1 Å². The van der Waals surface area contributed by atoms with E-state index in [4.69, 9.17) is 21.1 Å². The van der Waals surface area contributed by atoms with Crippen molar-refractivity contribution in [3.63, 3.8) is 0 Å². The molecule has 4 rings (SSSR count). The number of allylic oxidation sites excluding steroid dienone is 1. The number of phenolic OH excluding ortho intramolecular Hbond substituents is 1. The van der Waals surface area contributed by atoms with E-state index in [-0.39, 0.29) is 17.1 Å². The number of ether oxygens (including phenoxy) is 2. The second kappa shape index (κ2) is 12.6. The minimum Gasteiger partial charge on any atom is -0.507 e. The lowest BCUT2D eigenvalue weighted by Crippen LogP contribution is -2.43. The van der Waals surface area contributed by atoms with Gasteiger partial charge in [-0.05, 0) is 62.2 Å². The van der Waals surface area contributed by atoms with Gasteiger partial charge < -0.3 is 24.8 Å². The van der Waals surface area contributed by atoms with Crippen molar-refractivity contribution in [1.82, 2.24) is 10.2 Å². The number of phenols is 1. The smallest absolute Gasteiger partial charge is 0.189 e. The maximum absolute atomic E-state index is 13.1. The predicted octanol–water partition coefficient (Wildman–Crippen LogP) is 4.36. The number of carbonyl (C=O) groups is 1. The fourth-order valence-electron chi connectivity index (χ4n) is 4.95. The van der Waals surface area contributed by atoms with Gasteiger partial charge in [-0.3, -0.25) is 9.69 Å². The van der Waals surface area contributed by atoms with Crippen molar-refractivity contribution in [2.45, 2.75) is 32.4 Å². The average Bonchev–Trinajstić information content (AvgIpc) is 3.32. The number of methoxy groups -OCH3 is 1. The number of ketones is 1. The molecule has 36 heavy (non-hydrogen) atoms. The molecule has 0 aromatic heterocycles. The number of rotatable bonds is 10. The van der Waals surface area contributed by atoms with Gasteiger partial charge >= 0.3 is 0 Å². The fourth-order valence-corrected chi connectivity index (χ4v) is 5.19. The summed E-state index contributed by atoms with van der Waals surface area (Å²) in [5.41, 5.74) is 2.97. The number of likely N-dealkylation sites (tertiary alicyclic amines) is 1. The average molecular weight is 514 g/mol. The third-order valence-electron chi connectivity index (χ3n) is 6.86. The van der Waals surface area contributed by atoms with Gasteiger partial charge in [0.1, 0.15) is 11.5 Å². The van der Waals surface area contributed by atoms with Gasteiger partial charge in [-0.2, -0.15) is 0 Å². The van der Waals surface area contributed by atoms with E-state index >= 15 is 0 Å². The number of hydrogen-bond acceptors (Lipinski definition) is 7. The van der Waals surface area contributed by atoms with E-state index in [1.807, 2.05) is 25.1 Å². The van der Waals surface area contributed by atoms with Crippen LogP contribution in [0.2, 0.25) is 5.02 Å². The van der Waals surface area contributed by atoms with Crippen molar-refractivity contribution < 1.29 is 19.4 Å². The Kier molecular flexibility index (Phi) is 9.26. The summed E-state index contributed by atoms with van der Waals surface area (Å²) in [5, 5.41) is 14.6. The maximum atomic E-state index is 13.1. The van der Waals surface area contributed by atoms with Crippen LogP contribution >= 0.6 is 11.6 Å². The molecule has 2 aromatic rings. The van der Waals surface area contributed by atoms with Gasteiger partial charge in [0.25, 0.3) is 0 Å². The molecule has 2 saturated heterocycles. The van der Waals surface area contributed by atoms with Crippen molar-refractivity contribution >= 4 is 29.1 Å². The molecule has 0 bridgehead atoms. The number of piperazine rings is 1. The molecule has 2 aliphatic rings. The first-order valence-corrected chi connectivity index (χ1v) is 13.1. The predicted molar refractivity (Wildman–Crippen MR) is 144 cm³/mol. The molecule has 194 valence electrons. The normalized spacial score (nSPS) is 18.8. The Bertz CT molecular complexity index is 1080. The number of aromatic hydroxyl groups is 1. The molecule has 8 heteroatoms. The number of nitrogens with zero attached hydrogens (tertiary/aromatic N) is 2. The van der Waals surface area contributed by atoms with Crippen LogP contribution in [0.5, 0.6) is 11.5 Å². The van der Waals surface area contributed by atoms with Crippen LogP contribution in [0.4, 0.5) is 5.69 Å². The first-order chi connectivity index (χ1) is 17.5. The zero-order valence-corrected chi connectivity index (χ0v) is 21.9. The van der Waals surface area contributed by atoms with E-state index in [1.165, 1.54) is 6.08 Å². The second-order valence-electron chi connectivity index (χ2n) is 9.27. The molecule has 7 nitrogen and oxygen atoms in total. The molecule has 2 aromatic carbocycles.